The van der Waals surface area contributed by atoms with Gasteiger partial charge in [0.05, 0.1) is 0 Å². The van der Waals surface area contributed by atoms with Crippen molar-refractivity contribution in [2.75, 3.05) is 13.1 Å². The Bertz CT molecular complexity index is 447. The minimum atomic E-state index is -0.0846. The molecule has 1 heterocycles. The highest BCUT2D eigenvalue weighted by Crippen LogP contribution is 2.22. The Labute approximate surface area is 128 Å². The lowest BCUT2D eigenvalue weighted by Crippen LogP contribution is -2.59. The second kappa shape index (κ2) is 7.37. The molecule has 0 aliphatic carbocycles. The predicted octanol–water partition coefficient (Wildman–Crippen LogP) is 3.67. The summed E-state index contributed by atoms with van der Waals surface area (Å²) in [7, 11) is 0. The third-order valence-electron chi connectivity index (χ3n) is 4.92. The molecule has 3 unspecified atom stereocenters. The molecule has 2 rings (SSSR count). The van der Waals surface area contributed by atoms with Crippen molar-refractivity contribution < 1.29 is 4.39 Å². The quantitative estimate of drug-likeness (QED) is 0.891. The van der Waals surface area contributed by atoms with Crippen LogP contribution in [0.15, 0.2) is 24.3 Å². The van der Waals surface area contributed by atoms with Crippen molar-refractivity contribution in [2.45, 2.75) is 52.7 Å². The monoisotopic (exact) mass is 292 g/mol. The molecule has 0 bridgehead atoms. The number of hydrogen-bond acceptors (Lipinski definition) is 2. The second-order valence-corrected chi connectivity index (χ2v) is 6.73. The first-order valence-corrected chi connectivity index (χ1v) is 8.23. The minimum Gasteiger partial charge on any atom is -0.311 e. The van der Waals surface area contributed by atoms with Crippen molar-refractivity contribution >= 4 is 0 Å². The minimum absolute atomic E-state index is 0.0846. The van der Waals surface area contributed by atoms with Crippen LogP contribution in [-0.4, -0.2) is 30.1 Å². The predicted molar refractivity (Wildman–Crippen MR) is 86.7 cm³/mol. The summed E-state index contributed by atoms with van der Waals surface area (Å²) in [6.07, 6.45) is 1.18. The van der Waals surface area contributed by atoms with Gasteiger partial charge in [-0.3, -0.25) is 4.90 Å². The summed E-state index contributed by atoms with van der Waals surface area (Å²) in [6, 6.07) is 8.15. The third kappa shape index (κ3) is 4.04. The lowest BCUT2D eigenvalue weighted by Gasteiger charge is -2.44. The smallest absolute Gasteiger partial charge is 0.127 e. The van der Waals surface area contributed by atoms with E-state index in [2.05, 4.69) is 37.9 Å². The molecule has 21 heavy (non-hydrogen) atoms. The van der Waals surface area contributed by atoms with E-state index in [1.165, 1.54) is 6.42 Å². The number of hydrogen-bond donors (Lipinski definition) is 1. The highest BCUT2D eigenvalue weighted by atomic mass is 19.1. The van der Waals surface area contributed by atoms with Crippen LogP contribution in [-0.2, 0) is 6.54 Å². The number of nitrogens with one attached hydrogen (secondary N) is 1. The van der Waals surface area contributed by atoms with Gasteiger partial charge in [-0.05, 0) is 17.9 Å². The van der Waals surface area contributed by atoms with Crippen LogP contribution in [0.5, 0.6) is 0 Å². The number of halogens is 1. The number of piperazine rings is 1. The van der Waals surface area contributed by atoms with E-state index in [4.69, 9.17) is 0 Å². The first-order valence-electron chi connectivity index (χ1n) is 8.23. The molecule has 0 radical (unpaired) electrons. The van der Waals surface area contributed by atoms with Gasteiger partial charge in [0.15, 0.2) is 0 Å². The van der Waals surface area contributed by atoms with Gasteiger partial charge >= 0.3 is 0 Å². The maximum atomic E-state index is 14.0. The van der Waals surface area contributed by atoms with Gasteiger partial charge < -0.3 is 5.32 Å². The van der Waals surface area contributed by atoms with Crippen LogP contribution in [0.4, 0.5) is 4.39 Å². The van der Waals surface area contributed by atoms with Gasteiger partial charge in [-0.15, -0.1) is 0 Å². The number of benzene rings is 1. The van der Waals surface area contributed by atoms with Crippen molar-refractivity contribution in [1.82, 2.24) is 10.2 Å². The zero-order chi connectivity index (χ0) is 15.4. The first kappa shape index (κ1) is 16.4. The van der Waals surface area contributed by atoms with Gasteiger partial charge in [-0.25, -0.2) is 4.39 Å². The summed E-state index contributed by atoms with van der Waals surface area (Å²) >= 11 is 0. The molecule has 118 valence electrons. The van der Waals surface area contributed by atoms with Crippen LogP contribution in [0.1, 0.15) is 39.7 Å². The van der Waals surface area contributed by atoms with Gasteiger partial charge in [0.1, 0.15) is 5.82 Å². The summed E-state index contributed by atoms with van der Waals surface area (Å²) in [6.45, 7) is 11.8. The molecule has 2 nitrogen and oxygen atoms in total. The van der Waals surface area contributed by atoms with Crippen LogP contribution in [0.2, 0.25) is 0 Å². The maximum absolute atomic E-state index is 14.0. The van der Waals surface area contributed by atoms with Crippen LogP contribution in [0, 0.1) is 17.7 Å². The van der Waals surface area contributed by atoms with E-state index in [-0.39, 0.29) is 5.82 Å². The zero-order valence-corrected chi connectivity index (χ0v) is 13.8. The van der Waals surface area contributed by atoms with Crippen molar-refractivity contribution in [3.05, 3.63) is 35.6 Å². The Morgan fingerprint density at radius 2 is 2.00 bits per heavy atom. The van der Waals surface area contributed by atoms with Gasteiger partial charge in [0, 0.05) is 37.3 Å². The molecule has 1 aliphatic heterocycles. The highest BCUT2D eigenvalue weighted by Gasteiger charge is 2.31. The van der Waals surface area contributed by atoms with Crippen molar-refractivity contribution in [3.8, 4) is 0 Å². The van der Waals surface area contributed by atoms with E-state index in [0.29, 0.717) is 30.5 Å². The Morgan fingerprint density at radius 3 is 2.62 bits per heavy atom. The Morgan fingerprint density at radius 1 is 1.29 bits per heavy atom. The molecule has 0 amide bonds. The average Bonchev–Trinajstić information content (AvgIpc) is 2.48. The molecule has 1 fully saturated rings. The van der Waals surface area contributed by atoms with Crippen LogP contribution in [0.25, 0.3) is 0 Å². The third-order valence-corrected chi connectivity index (χ3v) is 4.92. The molecule has 3 heteroatoms. The van der Waals surface area contributed by atoms with Crippen molar-refractivity contribution in [1.29, 1.82) is 0 Å². The zero-order valence-electron chi connectivity index (χ0n) is 13.8. The average molecular weight is 292 g/mol. The molecule has 0 spiro atoms. The first-order chi connectivity index (χ1) is 10.0. The molecule has 3 atom stereocenters. The fourth-order valence-electron chi connectivity index (χ4n) is 3.20. The second-order valence-electron chi connectivity index (χ2n) is 6.73. The van der Waals surface area contributed by atoms with Crippen LogP contribution < -0.4 is 5.32 Å². The Kier molecular flexibility index (Phi) is 5.77. The molecular weight excluding hydrogens is 263 g/mol. The van der Waals surface area contributed by atoms with E-state index in [9.17, 15) is 4.39 Å². The normalized spacial score (nSPS) is 25.2. The molecule has 1 aliphatic rings. The van der Waals surface area contributed by atoms with Gasteiger partial charge in [0.2, 0.25) is 0 Å². The van der Waals surface area contributed by atoms with Gasteiger partial charge in [-0.1, -0.05) is 52.3 Å². The fraction of sp³-hybridized carbons (Fsp3) is 0.667. The number of nitrogens with zero attached hydrogens (tertiary/aromatic N) is 1. The summed E-state index contributed by atoms with van der Waals surface area (Å²) < 4.78 is 14.0. The lowest BCUT2D eigenvalue weighted by molar-refractivity contribution is 0.0743. The molecule has 1 N–H and O–H groups in total. The van der Waals surface area contributed by atoms with Crippen LogP contribution in [0.3, 0.4) is 0 Å². The molecule has 1 saturated heterocycles. The number of rotatable bonds is 5. The van der Waals surface area contributed by atoms with E-state index in [1.807, 2.05) is 12.1 Å². The summed E-state index contributed by atoms with van der Waals surface area (Å²) in [5.41, 5.74) is 0.813. The van der Waals surface area contributed by atoms with E-state index < -0.39 is 0 Å². The van der Waals surface area contributed by atoms with E-state index in [1.54, 1.807) is 12.1 Å². The van der Waals surface area contributed by atoms with Crippen molar-refractivity contribution in [2.24, 2.45) is 11.8 Å². The summed E-state index contributed by atoms with van der Waals surface area (Å²) in [4.78, 5) is 2.47. The van der Waals surface area contributed by atoms with E-state index in [0.717, 1.165) is 18.7 Å². The molecule has 0 saturated carbocycles. The van der Waals surface area contributed by atoms with Crippen LogP contribution >= 0.6 is 0 Å². The highest BCUT2D eigenvalue weighted by molar-refractivity contribution is 5.17. The van der Waals surface area contributed by atoms with Crippen molar-refractivity contribution in [3.63, 3.8) is 0 Å². The summed E-state index contributed by atoms with van der Waals surface area (Å²) in [5, 5.41) is 3.70. The molecular formula is C18H29FN2. The Hall–Kier alpha value is -0.930. The topological polar surface area (TPSA) is 15.3 Å². The Balaban J connectivity index is 2.12. The molecule has 1 aromatic rings. The lowest BCUT2D eigenvalue weighted by atomic mass is 9.91. The van der Waals surface area contributed by atoms with Gasteiger partial charge in [0.25, 0.3) is 0 Å². The SMILES string of the molecule is CCC(C)C1CN(Cc2ccccc2F)C(C(C)C)CN1. The maximum Gasteiger partial charge on any atom is 0.127 e. The fourth-order valence-corrected chi connectivity index (χ4v) is 3.20. The largest absolute Gasteiger partial charge is 0.311 e. The standard InChI is InChI=1S/C18H29FN2/c1-5-14(4)17-12-21(18(10-20-17)13(2)3)11-15-8-6-7-9-16(15)19/h6-9,13-14,17-18,20H,5,10-12H2,1-4H3. The molecule has 1 aromatic carbocycles. The van der Waals surface area contributed by atoms with E-state index >= 15 is 0 Å². The van der Waals surface area contributed by atoms with Gasteiger partial charge in [-0.2, -0.15) is 0 Å². The summed E-state index contributed by atoms with van der Waals surface area (Å²) in [5.74, 6) is 1.14. The molecule has 0 aromatic heterocycles.